The highest BCUT2D eigenvalue weighted by Crippen LogP contribution is 2.30. The second kappa shape index (κ2) is 5.35. The minimum Gasteiger partial charge on any atom is -0.329 e. The minimum atomic E-state index is -0.228. The third kappa shape index (κ3) is 2.51. The van der Waals surface area contributed by atoms with Gasteiger partial charge in [-0.2, -0.15) is 0 Å². The number of hydrogen-bond acceptors (Lipinski definition) is 2. The molecule has 2 amide bonds. The summed E-state index contributed by atoms with van der Waals surface area (Å²) in [5.74, 6) is 0. The molecule has 0 saturated heterocycles. The fourth-order valence-corrected chi connectivity index (χ4v) is 2.64. The highest BCUT2D eigenvalue weighted by molar-refractivity contribution is 5.89. The summed E-state index contributed by atoms with van der Waals surface area (Å²) in [6, 6.07) is 17.0. The monoisotopic (exact) mass is 267 g/mol. The second-order valence-electron chi connectivity index (χ2n) is 5.01. The number of carbonyl (C=O) groups is 1. The smallest absolute Gasteiger partial charge is 0.319 e. The topological polar surface area (TPSA) is 67.1 Å². The first-order chi connectivity index (χ1) is 9.74. The number of rotatable bonds is 2. The third-order valence-electron chi connectivity index (χ3n) is 3.59. The number of hydrogen-bond donors (Lipinski definition) is 3. The summed E-state index contributed by atoms with van der Waals surface area (Å²) >= 11 is 0. The van der Waals surface area contributed by atoms with Gasteiger partial charge >= 0.3 is 6.03 Å². The van der Waals surface area contributed by atoms with E-state index in [1.54, 1.807) is 0 Å². The third-order valence-corrected chi connectivity index (χ3v) is 3.59. The van der Waals surface area contributed by atoms with Crippen LogP contribution in [0.25, 0.3) is 0 Å². The van der Waals surface area contributed by atoms with Gasteiger partial charge in [0.15, 0.2) is 0 Å². The van der Waals surface area contributed by atoms with Crippen LogP contribution in [0.4, 0.5) is 10.5 Å². The number of nitrogens with one attached hydrogen (secondary N) is 2. The summed E-state index contributed by atoms with van der Waals surface area (Å²) in [6.45, 7) is 0. The predicted octanol–water partition coefficient (Wildman–Crippen LogP) is 2.43. The van der Waals surface area contributed by atoms with Crippen molar-refractivity contribution in [2.45, 2.75) is 18.5 Å². The van der Waals surface area contributed by atoms with Crippen molar-refractivity contribution in [3.8, 4) is 0 Å². The molecule has 4 nitrogen and oxygen atoms in total. The van der Waals surface area contributed by atoms with E-state index in [9.17, 15) is 4.79 Å². The van der Waals surface area contributed by atoms with Gasteiger partial charge in [-0.15, -0.1) is 0 Å². The van der Waals surface area contributed by atoms with Crippen molar-refractivity contribution in [1.29, 1.82) is 0 Å². The molecule has 1 aliphatic carbocycles. The van der Waals surface area contributed by atoms with Crippen molar-refractivity contribution in [1.82, 2.24) is 5.32 Å². The van der Waals surface area contributed by atoms with E-state index in [1.165, 1.54) is 5.56 Å². The van der Waals surface area contributed by atoms with Crippen molar-refractivity contribution in [3.63, 3.8) is 0 Å². The number of amides is 2. The van der Waals surface area contributed by atoms with E-state index in [1.807, 2.05) is 48.5 Å². The molecule has 0 fully saturated rings. The van der Waals surface area contributed by atoms with Crippen LogP contribution in [0.1, 0.15) is 17.2 Å². The summed E-state index contributed by atoms with van der Waals surface area (Å²) in [4.78, 5) is 12.0. The average Bonchev–Trinajstić information content (AvgIpc) is 2.76. The molecule has 4 N–H and O–H groups in total. The molecule has 4 heteroatoms. The molecule has 102 valence electrons. The molecule has 0 aromatic heterocycles. The molecular weight excluding hydrogens is 250 g/mol. The standard InChI is InChI=1S/C16H17N3O/c17-14-10-11-6-4-5-9-13(11)15(14)19-16(20)18-12-7-2-1-3-8-12/h1-9,14-15H,10,17H2,(H2,18,19,20). The van der Waals surface area contributed by atoms with Crippen LogP contribution in [0.15, 0.2) is 54.6 Å². The first-order valence-electron chi connectivity index (χ1n) is 6.70. The van der Waals surface area contributed by atoms with E-state index in [4.69, 9.17) is 5.73 Å². The SMILES string of the molecule is NC1Cc2ccccc2C1NC(=O)Nc1ccccc1. The Hall–Kier alpha value is -2.33. The molecule has 0 bridgehead atoms. The first-order valence-corrected chi connectivity index (χ1v) is 6.70. The maximum Gasteiger partial charge on any atom is 0.319 e. The normalized spacial score (nSPS) is 20.2. The Kier molecular flexibility index (Phi) is 3.39. The Morgan fingerprint density at radius 2 is 1.75 bits per heavy atom. The summed E-state index contributed by atoms with van der Waals surface area (Å²) in [7, 11) is 0. The van der Waals surface area contributed by atoms with Crippen molar-refractivity contribution in [2.24, 2.45) is 5.73 Å². The lowest BCUT2D eigenvalue weighted by Gasteiger charge is -2.19. The Balaban J connectivity index is 1.70. The summed E-state index contributed by atoms with van der Waals surface area (Å²) < 4.78 is 0. The van der Waals surface area contributed by atoms with Crippen molar-refractivity contribution in [2.75, 3.05) is 5.32 Å². The molecule has 0 saturated carbocycles. The van der Waals surface area contributed by atoms with E-state index < -0.39 is 0 Å². The summed E-state index contributed by atoms with van der Waals surface area (Å²) in [5.41, 5.74) is 9.22. The van der Waals surface area contributed by atoms with Gasteiger partial charge < -0.3 is 16.4 Å². The Morgan fingerprint density at radius 3 is 2.55 bits per heavy atom. The number of benzene rings is 2. The number of anilines is 1. The number of nitrogens with two attached hydrogens (primary N) is 1. The van der Waals surface area contributed by atoms with Crippen LogP contribution in [-0.4, -0.2) is 12.1 Å². The molecule has 0 aliphatic heterocycles. The molecule has 2 atom stereocenters. The second-order valence-corrected chi connectivity index (χ2v) is 5.01. The van der Waals surface area contributed by atoms with Gasteiger partial charge in [0.05, 0.1) is 6.04 Å². The van der Waals surface area contributed by atoms with Crippen molar-refractivity contribution in [3.05, 3.63) is 65.7 Å². The fraction of sp³-hybridized carbons (Fsp3) is 0.188. The van der Waals surface area contributed by atoms with Crippen molar-refractivity contribution < 1.29 is 4.79 Å². The van der Waals surface area contributed by atoms with E-state index >= 15 is 0 Å². The molecular formula is C16H17N3O. The molecule has 20 heavy (non-hydrogen) atoms. The van der Waals surface area contributed by atoms with E-state index in [0.29, 0.717) is 0 Å². The van der Waals surface area contributed by atoms with E-state index in [2.05, 4.69) is 16.7 Å². The zero-order valence-corrected chi connectivity index (χ0v) is 11.0. The predicted molar refractivity (Wildman–Crippen MR) is 79.5 cm³/mol. The Morgan fingerprint density at radius 1 is 1.05 bits per heavy atom. The van der Waals surface area contributed by atoms with Gasteiger partial charge in [0, 0.05) is 11.7 Å². The van der Waals surface area contributed by atoms with Crippen LogP contribution in [0.3, 0.4) is 0 Å². The maximum absolute atomic E-state index is 12.0. The van der Waals surface area contributed by atoms with Crippen LogP contribution in [-0.2, 0) is 6.42 Å². The Labute approximate surface area is 118 Å². The van der Waals surface area contributed by atoms with Crippen LogP contribution in [0.5, 0.6) is 0 Å². The van der Waals surface area contributed by atoms with Gasteiger partial charge in [0.2, 0.25) is 0 Å². The molecule has 0 heterocycles. The highest BCUT2D eigenvalue weighted by atomic mass is 16.2. The molecule has 0 spiro atoms. The largest absolute Gasteiger partial charge is 0.329 e. The summed E-state index contributed by atoms with van der Waals surface area (Å²) in [6.07, 6.45) is 0.798. The fourth-order valence-electron chi connectivity index (χ4n) is 2.64. The maximum atomic E-state index is 12.0. The van der Waals surface area contributed by atoms with Crippen LogP contribution in [0.2, 0.25) is 0 Å². The zero-order valence-electron chi connectivity index (χ0n) is 11.0. The highest BCUT2D eigenvalue weighted by Gasteiger charge is 2.30. The minimum absolute atomic E-state index is 0.0751. The average molecular weight is 267 g/mol. The molecule has 0 radical (unpaired) electrons. The van der Waals surface area contributed by atoms with E-state index in [-0.39, 0.29) is 18.1 Å². The molecule has 2 unspecified atom stereocenters. The molecule has 3 rings (SSSR count). The van der Waals surface area contributed by atoms with Gasteiger partial charge in [-0.3, -0.25) is 0 Å². The van der Waals surface area contributed by atoms with Crippen LogP contribution in [0, 0.1) is 0 Å². The van der Waals surface area contributed by atoms with Crippen LogP contribution >= 0.6 is 0 Å². The number of urea groups is 1. The molecule has 2 aromatic carbocycles. The Bertz CT molecular complexity index is 612. The lowest BCUT2D eigenvalue weighted by Crippen LogP contribution is -2.40. The number of fused-ring (bicyclic) bond motifs is 1. The number of para-hydroxylation sites is 1. The first kappa shape index (κ1) is 12.7. The lowest BCUT2D eigenvalue weighted by atomic mass is 10.1. The summed E-state index contributed by atoms with van der Waals surface area (Å²) in [5, 5.41) is 5.77. The quantitative estimate of drug-likeness (QED) is 0.782. The van der Waals surface area contributed by atoms with Crippen LogP contribution < -0.4 is 16.4 Å². The van der Waals surface area contributed by atoms with E-state index in [0.717, 1.165) is 17.7 Å². The van der Waals surface area contributed by atoms with Gasteiger partial charge in [-0.25, -0.2) is 4.79 Å². The lowest BCUT2D eigenvalue weighted by molar-refractivity contribution is 0.247. The zero-order chi connectivity index (χ0) is 13.9. The van der Waals surface area contributed by atoms with Crippen molar-refractivity contribution >= 4 is 11.7 Å². The van der Waals surface area contributed by atoms with Gasteiger partial charge in [-0.05, 0) is 29.7 Å². The molecule has 2 aromatic rings. The van der Waals surface area contributed by atoms with Gasteiger partial charge in [0.1, 0.15) is 0 Å². The molecule has 1 aliphatic rings. The number of carbonyl (C=O) groups excluding carboxylic acids is 1. The van der Waals surface area contributed by atoms with Gasteiger partial charge in [-0.1, -0.05) is 42.5 Å². The van der Waals surface area contributed by atoms with Gasteiger partial charge in [0.25, 0.3) is 0 Å².